The summed E-state index contributed by atoms with van der Waals surface area (Å²) < 4.78 is 0. The fourth-order valence-corrected chi connectivity index (χ4v) is 1.34. The standard InChI is InChI=1S/C9H8ClN3O/c10-7-8(11)12-13(9(7)14)6-4-2-1-3-5-6/h1-5,7H,(H2,11,12)/t7-/m0/s1. The molecular formula is C9H8ClN3O. The molecule has 0 unspecified atom stereocenters. The Hall–Kier alpha value is -1.55. The molecule has 0 aromatic heterocycles. The van der Waals surface area contributed by atoms with Crippen LogP contribution in [-0.4, -0.2) is 17.1 Å². The Morgan fingerprint density at radius 3 is 2.50 bits per heavy atom. The molecule has 1 aliphatic rings. The summed E-state index contributed by atoms with van der Waals surface area (Å²) in [7, 11) is 0. The van der Waals surface area contributed by atoms with Crippen molar-refractivity contribution >= 4 is 29.0 Å². The van der Waals surface area contributed by atoms with E-state index in [1.165, 1.54) is 5.01 Å². The van der Waals surface area contributed by atoms with Crippen LogP contribution in [0.15, 0.2) is 35.4 Å². The van der Waals surface area contributed by atoms with E-state index >= 15 is 0 Å². The zero-order chi connectivity index (χ0) is 10.1. The van der Waals surface area contributed by atoms with Crippen molar-refractivity contribution in [3.8, 4) is 0 Å². The Morgan fingerprint density at radius 2 is 2.00 bits per heavy atom. The van der Waals surface area contributed by atoms with Crippen molar-refractivity contribution in [2.24, 2.45) is 10.8 Å². The summed E-state index contributed by atoms with van der Waals surface area (Å²) in [6, 6.07) is 9.02. The van der Waals surface area contributed by atoms with E-state index in [0.29, 0.717) is 5.69 Å². The molecule has 1 atom stereocenters. The van der Waals surface area contributed by atoms with Gasteiger partial charge in [-0.1, -0.05) is 18.2 Å². The molecule has 14 heavy (non-hydrogen) atoms. The number of benzene rings is 1. The van der Waals surface area contributed by atoms with Crippen molar-refractivity contribution < 1.29 is 4.79 Å². The number of amides is 1. The molecule has 0 saturated heterocycles. The molecule has 2 rings (SSSR count). The molecule has 1 aromatic rings. The van der Waals surface area contributed by atoms with Gasteiger partial charge in [-0.05, 0) is 12.1 Å². The summed E-state index contributed by atoms with van der Waals surface area (Å²) in [4.78, 5) is 11.5. The molecule has 4 nitrogen and oxygen atoms in total. The predicted molar refractivity (Wildman–Crippen MR) is 55.2 cm³/mol. The van der Waals surface area contributed by atoms with E-state index in [2.05, 4.69) is 5.10 Å². The second kappa shape index (κ2) is 3.31. The van der Waals surface area contributed by atoms with Crippen molar-refractivity contribution in [2.45, 2.75) is 5.38 Å². The first-order chi connectivity index (χ1) is 6.70. The van der Waals surface area contributed by atoms with Crippen LogP contribution in [0, 0.1) is 0 Å². The van der Waals surface area contributed by atoms with Crippen molar-refractivity contribution in [1.29, 1.82) is 0 Å². The Balaban J connectivity index is 2.35. The second-order valence-corrected chi connectivity index (χ2v) is 3.31. The van der Waals surface area contributed by atoms with Gasteiger partial charge in [0.25, 0.3) is 5.91 Å². The maximum absolute atomic E-state index is 11.5. The number of hydrogen-bond acceptors (Lipinski definition) is 3. The first-order valence-corrected chi connectivity index (χ1v) is 4.51. The van der Waals surface area contributed by atoms with Crippen molar-refractivity contribution in [2.75, 3.05) is 5.01 Å². The lowest BCUT2D eigenvalue weighted by Crippen LogP contribution is -2.30. The molecule has 72 valence electrons. The van der Waals surface area contributed by atoms with Gasteiger partial charge in [-0.15, -0.1) is 11.6 Å². The summed E-state index contributed by atoms with van der Waals surface area (Å²) in [6.07, 6.45) is 0. The smallest absolute Gasteiger partial charge is 0.273 e. The van der Waals surface area contributed by atoms with Gasteiger partial charge >= 0.3 is 0 Å². The number of amidine groups is 1. The van der Waals surface area contributed by atoms with E-state index in [-0.39, 0.29) is 11.7 Å². The molecule has 5 heteroatoms. The fourth-order valence-electron chi connectivity index (χ4n) is 1.20. The van der Waals surface area contributed by atoms with E-state index in [4.69, 9.17) is 17.3 Å². The largest absolute Gasteiger partial charge is 0.384 e. The summed E-state index contributed by atoms with van der Waals surface area (Å²) in [5.74, 6) is -0.170. The van der Waals surface area contributed by atoms with Gasteiger partial charge in [0, 0.05) is 0 Å². The van der Waals surface area contributed by atoms with Crippen LogP contribution in [0.2, 0.25) is 0 Å². The van der Waals surface area contributed by atoms with Crippen LogP contribution in [0.25, 0.3) is 0 Å². The van der Waals surface area contributed by atoms with Crippen LogP contribution in [0.5, 0.6) is 0 Å². The first-order valence-electron chi connectivity index (χ1n) is 4.07. The molecule has 0 aliphatic carbocycles. The minimum atomic E-state index is -0.838. The summed E-state index contributed by atoms with van der Waals surface area (Å²) in [5.41, 5.74) is 6.12. The van der Waals surface area contributed by atoms with Gasteiger partial charge in [0.05, 0.1) is 5.69 Å². The van der Waals surface area contributed by atoms with E-state index in [1.807, 2.05) is 18.2 Å². The average molecular weight is 210 g/mol. The van der Waals surface area contributed by atoms with E-state index in [0.717, 1.165) is 0 Å². The van der Waals surface area contributed by atoms with Crippen molar-refractivity contribution in [1.82, 2.24) is 0 Å². The van der Waals surface area contributed by atoms with Crippen LogP contribution in [0.3, 0.4) is 0 Å². The van der Waals surface area contributed by atoms with Gasteiger partial charge in [0.15, 0.2) is 5.38 Å². The van der Waals surface area contributed by atoms with Gasteiger partial charge in [-0.2, -0.15) is 10.1 Å². The predicted octanol–water partition coefficient (Wildman–Crippen LogP) is 0.913. The van der Waals surface area contributed by atoms with Crippen molar-refractivity contribution in [3.63, 3.8) is 0 Å². The number of halogens is 1. The topological polar surface area (TPSA) is 58.7 Å². The molecule has 0 radical (unpaired) electrons. The molecule has 1 amide bonds. The van der Waals surface area contributed by atoms with E-state index < -0.39 is 5.38 Å². The van der Waals surface area contributed by atoms with Gasteiger partial charge in [0.2, 0.25) is 0 Å². The zero-order valence-electron chi connectivity index (χ0n) is 7.22. The number of alkyl halides is 1. The molecule has 0 fully saturated rings. The highest BCUT2D eigenvalue weighted by Crippen LogP contribution is 2.21. The Bertz CT molecular complexity index is 390. The number of carbonyl (C=O) groups is 1. The lowest BCUT2D eigenvalue weighted by atomic mass is 10.3. The summed E-state index contributed by atoms with van der Waals surface area (Å²) >= 11 is 5.71. The highest BCUT2D eigenvalue weighted by molar-refractivity contribution is 6.45. The number of carbonyl (C=O) groups excluding carboxylic acids is 1. The number of para-hydroxylation sites is 1. The van der Waals surface area contributed by atoms with Gasteiger partial charge < -0.3 is 5.73 Å². The van der Waals surface area contributed by atoms with Crippen LogP contribution in [0.1, 0.15) is 0 Å². The van der Waals surface area contributed by atoms with Crippen LogP contribution < -0.4 is 10.7 Å². The third kappa shape index (κ3) is 1.33. The summed E-state index contributed by atoms with van der Waals surface area (Å²) in [6.45, 7) is 0. The SMILES string of the molecule is NC1=NN(c2ccccc2)C(=O)[C@H]1Cl. The molecule has 1 aliphatic heterocycles. The Kier molecular flexibility index (Phi) is 2.13. The van der Waals surface area contributed by atoms with Gasteiger partial charge in [-0.3, -0.25) is 4.79 Å². The first kappa shape index (κ1) is 9.02. The number of hydrogen-bond donors (Lipinski definition) is 1. The fraction of sp³-hybridized carbons (Fsp3) is 0.111. The molecule has 2 N–H and O–H groups in total. The van der Waals surface area contributed by atoms with E-state index in [1.54, 1.807) is 12.1 Å². The summed E-state index contributed by atoms with van der Waals surface area (Å²) in [5, 5.41) is 4.24. The second-order valence-electron chi connectivity index (χ2n) is 2.87. The van der Waals surface area contributed by atoms with Crippen LogP contribution in [0.4, 0.5) is 5.69 Å². The molecular weight excluding hydrogens is 202 g/mol. The Morgan fingerprint density at radius 1 is 1.36 bits per heavy atom. The highest BCUT2D eigenvalue weighted by atomic mass is 35.5. The van der Waals surface area contributed by atoms with Gasteiger partial charge in [0.1, 0.15) is 5.84 Å². The van der Waals surface area contributed by atoms with E-state index in [9.17, 15) is 4.79 Å². The monoisotopic (exact) mass is 209 g/mol. The third-order valence-corrected chi connectivity index (χ3v) is 2.31. The van der Waals surface area contributed by atoms with Crippen LogP contribution in [-0.2, 0) is 4.79 Å². The molecule has 0 spiro atoms. The third-order valence-electron chi connectivity index (χ3n) is 1.90. The maximum Gasteiger partial charge on any atom is 0.273 e. The molecule has 1 aromatic carbocycles. The van der Waals surface area contributed by atoms with Crippen molar-refractivity contribution in [3.05, 3.63) is 30.3 Å². The number of nitrogens with two attached hydrogens (primary N) is 1. The number of anilines is 1. The minimum absolute atomic E-state index is 0.139. The maximum atomic E-state index is 11.5. The molecule has 1 heterocycles. The lowest BCUT2D eigenvalue weighted by Gasteiger charge is -2.10. The zero-order valence-corrected chi connectivity index (χ0v) is 7.98. The Labute approximate surface area is 86.0 Å². The highest BCUT2D eigenvalue weighted by Gasteiger charge is 2.33. The normalized spacial score (nSPS) is 21.2. The number of hydrazone groups is 1. The lowest BCUT2D eigenvalue weighted by molar-refractivity contribution is -0.116. The number of nitrogens with zero attached hydrogens (tertiary/aromatic N) is 2. The van der Waals surface area contributed by atoms with Crippen LogP contribution >= 0.6 is 11.6 Å². The van der Waals surface area contributed by atoms with Gasteiger partial charge in [-0.25, -0.2) is 0 Å². The quantitative estimate of drug-likeness (QED) is 0.699. The average Bonchev–Trinajstić information content (AvgIpc) is 2.47. The molecule has 0 bridgehead atoms. The molecule has 0 saturated carbocycles. The minimum Gasteiger partial charge on any atom is -0.384 e. The number of rotatable bonds is 1.